The molecule has 0 saturated heterocycles. The van der Waals surface area contributed by atoms with Crippen LogP contribution in [0.1, 0.15) is 41.6 Å². The van der Waals surface area contributed by atoms with Crippen LogP contribution in [0.15, 0.2) is 48.5 Å². The average molecular weight is 339 g/mol. The third-order valence-corrected chi connectivity index (χ3v) is 4.75. The van der Waals surface area contributed by atoms with Crippen molar-refractivity contribution in [2.75, 3.05) is 10.6 Å². The monoisotopic (exact) mass is 339 g/mol. The Morgan fingerprint density at radius 3 is 2.16 bits per heavy atom. The summed E-state index contributed by atoms with van der Waals surface area (Å²) in [5, 5.41) is 13.7. The highest BCUT2D eigenvalue weighted by Gasteiger charge is 2.49. The lowest BCUT2D eigenvalue weighted by molar-refractivity contribution is 0.102. The van der Waals surface area contributed by atoms with Crippen molar-refractivity contribution in [3.63, 3.8) is 0 Å². The smallest absolute Gasteiger partial charge is 0.409 e. The summed E-state index contributed by atoms with van der Waals surface area (Å²) in [5.74, 6) is 0.152. The molecule has 0 aliphatic heterocycles. The van der Waals surface area contributed by atoms with Gasteiger partial charge in [0.25, 0.3) is 5.91 Å². The third kappa shape index (κ3) is 3.80. The number of anilines is 2. The summed E-state index contributed by atoms with van der Waals surface area (Å²) in [6.45, 7) is 2.10. The van der Waals surface area contributed by atoms with E-state index in [0.29, 0.717) is 22.9 Å². The zero-order chi connectivity index (χ0) is 18.0. The summed E-state index contributed by atoms with van der Waals surface area (Å²) < 4.78 is 0. The van der Waals surface area contributed by atoms with Crippen molar-refractivity contribution in [1.82, 2.24) is 0 Å². The van der Waals surface area contributed by atoms with Crippen LogP contribution in [0.4, 0.5) is 16.2 Å². The second kappa shape index (κ2) is 6.57. The van der Waals surface area contributed by atoms with E-state index < -0.39 is 6.09 Å². The fourth-order valence-corrected chi connectivity index (χ4v) is 2.99. The molecule has 130 valence electrons. The maximum atomic E-state index is 12.3. The quantitative estimate of drug-likeness (QED) is 0.667. The third-order valence-electron chi connectivity index (χ3n) is 4.75. The van der Waals surface area contributed by atoms with Gasteiger partial charge in [0.15, 0.2) is 0 Å². The number of nitrogens with one attached hydrogen (secondary N) is 2. The Labute approximate surface area is 146 Å². The summed E-state index contributed by atoms with van der Waals surface area (Å²) >= 11 is 0. The summed E-state index contributed by atoms with van der Waals surface area (Å²) in [4.78, 5) is 22.8. The molecule has 3 rings (SSSR count). The van der Waals surface area contributed by atoms with Crippen molar-refractivity contribution in [3.8, 4) is 0 Å². The number of benzene rings is 2. The molecule has 1 saturated carbocycles. The first-order valence-corrected chi connectivity index (χ1v) is 8.21. The van der Waals surface area contributed by atoms with Crippen molar-refractivity contribution >= 4 is 23.4 Å². The zero-order valence-electron chi connectivity index (χ0n) is 14.0. The largest absolute Gasteiger partial charge is 0.465 e. The number of carbonyl (C=O) groups excluding carboxylic acids is 1. The number of hydrogen-bond donors (Lipinski definition) is 4. The summed E-state index contributed by atoms with van der Waals surface area (Å²) in [6.07, 6.45) is 0.826. The SMILES string of the molecule is CCC1(N)CC1c1ccc(NC(=O)c2ccc(NC(=O)O)cc2)cc1. The Kier molecular flexibility index (Phi) is 4.46. The van der Waals surface area contributed by atoms with Gasteiger partial charge in [0.1, 0.15) is 0 Å². The van der Waals surface area contributed by atoms with Gasteiger partial charge in [-0.1, -0.05) is 19.1 Å². The Bertz CT molecular complexity index is 787. The molecule has 6 nitrogen and oxygen atoms in total. The van der Waals surface area contributed by atoms with Gasteiger partial charge >= 0.3 is 6.09 Å². The van der Waals surface area contributed by atoms with Crippen molar-refractivity contribution in [2.24, 2.45) is 5.73 Å². The number of carboxylic acid groups (broad SMARTS) is 1. The normalized spacial score (nSPS) is 21.4. The molecular weight excluding hydrogens is 318 g/mol. The van der Waals surface area contributed by atoms with Crippen molar-refractivity contribution in [3.05, 3.63) is 59.7 Å². The molecule has 1 aliphatic rings. The molecule has 5 N–H and O–H groups in total. The van der Waals surface area contributed by atoms with Gasteiger partial charge in [-0.25, -0.2) is 4.79 Å². The highest BCUT2D eigenvalue weighted by Crippen LogP contribution is 2.51. The number of hydrogen-bond acceptors (Lipinski definition) is 3. The maximum absolute atomic E-state index is 12.3. The van der Waals surface area contributed by atoms with E-state index in [-0.39, 0.29) is 11.4 Å². The molecule has 2 amide bonds. The molecule has 0 heterocycles. The van der Waals surface area contributed by atoms with Crippen LogP contribution in [-0.4, -0.2) is 22.6 Å². The maximum Gasteiger partial charge on any atom is 0.409 e. The highest BCUT2D eigenvalue weighted by atomic mass is 16.4. The second-order valence-corrected chi connectivity index (χ2v) is 6.43. The molecule has 1 aliphatic carbocycles. The molecule has 2 aromatic carbocycles. The number of nitrogens with two attached hydrogens (primary N) is 1. The van der Waals surface area contributed by atoms with E-state index in [1.54, 1.807) is 24.3 Å². The van der Waals surface area contributed by atoms with Crippen LogP contribution in [-0.2, 0) is 0 Å². The first kappa shape index (κ1) is 17.0. The molecule has 6 heteroatoms. The lowest BCUT2D eigenvalue weighted by atomic mass is 10.0. The van der Waals surface area contributed by atoms with Gasteiger partial charge in [0, 0.05) is 28.4 Å². The molecule has 1 fully saturated rings. The standard InChI is InChI=1S/C19H21N3O3/c1-2-19(20)11-16(19)12-3-7-14(8-4-12)21-17(23)13-5-9-15(10-6-13)22-18(24)25/h3-10,16,22H,2,11,20H2,1H3,(H,21,23)(H,24,25). The Balaban J connectivity index is 1.62. The van der Waals surface area contributed by atoms with E-state index in [0.717, 1.165) is 12.8 Å². The number of carbonyl (C=O) groups is 2. The minimum Gasteiger partial charge on any atom is -0.465 e. The summed E-state index contributed by atoms with van der Waals surface area (Å²) in [5.41, 5.74) is 8.95. The fourth-order valence-electron chi connectivity index (χ4n) is 2.99. The highest BCUT2D eigenvalue weighted by molar-refractivity contribution is 6.04. The van der Waals surface area contributed by atoms with Gasteiger partial charge in [-0.3, -0.25) is 10.1 Å². The molecule has 0 aromatic heterocycles. The predicted molar refractivity (Wildman–Crippen MR) is 97.1 cm³/mol. The van der Waals surface area contributed by atoms with Crippen LogP contribution in [0.3, 0.4) is 0 Å². The van der Waals surface area contributed by atoms with Crippen LogP contribution in [0.5, 0.6) is 0 Å². The molecule has 25 heavy (non-hydrogen) atoms. The Morgan fingerprint density at radius 1 is 1.08 bits per heavy atom. The van der Waals surface area contributed by atoms with Crippen molar-refractivity contribution in [1.29, 1.82) is 0 Å². The molecule has 0 spiro atoms. The van der Waals surface area contributed by atoms with Crippen molar-refractivity contribution in [2.45, 2.75) is 31.2 Å². The van der Waals surface area contributed by atoms with Gasteiger partial charge < -0.3 is 16.2 Å². The van der Waals surface area contributed by atoms with E-state index in [4.69, 9.17) is 10.8 Å². The van der Waals surface area contributed by atoms with Gasteiger partial charge in [0.2, 0.25) is 0 Å². The predicted octanol–water partition coefficient (Wildman–Crippen LogP) is 3.62. The van der Waals surface area contributed by atoms with Gasteiger partial charge in [-0.05, 0) is 54.8 Å². The van der Waals surface area contributed by atoms with E-state index >= 15 is 0 Å². The second-order valence-electron chi connectivity index (χ2n) is 6.43. The first-order chi connectivity index (χ1) is 11.9. The van der Waals surface area contributed by atoms with Crippen LogP contribution in [0.25, 0.3) is 0 Å². The Morgan fingerprint density at radius 2 is 1.64 bits per heavy atom. The summed E-state index contributed by atoms with van der Waals surface area (Å²) in [7, 11) is 0. The van der Waals surface area contributed by atoms with E-state index in [1.165, 1.54) is 5.56 Å². The number of rotatable bonds is 5. The molecule has 2 unspecified atom stereocenters. The lowest BCUT2D eigenvalue weighted by Crippen LogP contribution is -2.22. The van der Waals surface area contributed by atoms with Gasteiger partial charge in [-0.2, -0.15) is 0 Å². The van der Waals surface area contributed by atoms with Gasteiger partial charge in [-0.15, -0.1) is 0 Å². The van der Waals surface area contributed by atoms with E-state index in [9.17, 15) is 9.59 Å². The van der Waals surface area contributed by atoms with E-state index in [2.05, 4.69) is 17.6 Å². The minimum absolute atomic E-state index is 0.0729. The van der Waals surface area contributed by atoms with Crippen LogP contribution in [0, 0.1) is 0 Å². The Hall–Kier alpha value is -2.86. The molecule has 2 aromatic rings. The summed E-state index contributed by atoms with van der Waals surface area (Å²) in [6, 6.07) is 14.0. The molecular formula is C19H21N3O3. The topological polar surface area (TPSA) is 104 Å². The zero-order valence-corrected chi connectivity index (χ0v) is 14.0. The van der Waals surface area contributed by atoms with Crippen LogP contribution >= 0.6 is 0 Å². The molecule has 0 radical (unpaired) electrons. The lowest BCUT2D eigenvalue weighted by Gasteiger charge is -2.10. The average Bonchev–Trinajstić information content (AvgIpc) is 3.28. The molecule has 2 atom stereocenters. The minimum atomic E-state index is -1.14. The fraction of sp³-hybridized carbons (Fsp3) is 0.263. The van der Waals surface area contributed by atoms with Crippen LogP contribution < -0.4 is 16.4 Å². The first-order valence-electron chi connectivity index (χ1n) is 8.21. The molecule has 0 bridgehead atoms. The number of amides is 2. The van der Waals surface area contributed by atoms with Crippen molar-refractivity contribution < 1.29 is 14.7 Å². The van der Waals surface area contributed by atoms with E-state index in [1.807, 2.05) is 24.3 Å². The van der Waals surface area contributed by atoms with Gasteiger partial charge in [0.05, 0.1) is 0 Å². The van der Waals surface area contributed by atoms with Crippen LogP contribution in [0.2, 0.25) is 0 Å².